The van der Waals surface area contributed by atoms with E-state index in [1.807, 2.05) is 0 Å². The number of aliphatic hydroxyl groups excluding tert-OH is 2. The summed E-state index contributed by atoms with van der Waals surface area (Å²) in [6.45, 7) is 0. The molecule has 11 nitrogen and oxygen atoms in total. The Hall–Kier alpha value is -1.86. The monoisotopic (exact) mass is 330 g/mol. The van der Waals surface area contributed by atoms with Crippen molar-refractivity contribution < 1.29 is 22.8 Å². The standard InChI is InChI=1S/C10H14N6O5S/c11-9-6-10(14-2-13-9)16(3-15-6)4-1-5(8(18)7(4)17)21-22(12,19)20/h2-5,7-8,17-18H,1H2,(H2,11,13,14)(H2,12,19,20)/t4-,5+,7+,8-/m1/s1. The first kappa shape index (κ1) is 15.1. The third-order valence-electron chi connectivity index (χ3n) is 3.60. The Morgan fingerprint density at radius 1 is 1.27 bits per heavy atom. The highest BCUT2D eigenvalue weighted by molar-refractivity contribution is 7.84. The van der Waals surface area contributed by atoms with Crippen LogP contribution >= 0.6 is 0 Å². The Kier molecular flexibility index (Phi) is 3.49. The molecule has 0 amide bonds. The number of hydrogen-bond donors (Lipinski definition) is 4. The van der Waals surface area contributed by atoms with Gasteiger partial charge >= 0.3 is 10.3 Å². The van der Waals surface area contributed by atoms with Crippen molar-refractivity contribution in [2.24, 2.45) is 5.14 Å². The third kappa shape index (κ3) is 2.50. The molecule has 0 spiro atoms. The van der Waals surface area contributed by atoms with Gasteiger partial charge in [0.1, 0.15) is 30.2 Å². The molecule has 1 aliphatic carbocycles. The van der Waals surface area contributed by atoms with E-state index < -0.39 is 34.7 Å². The number of rotatable bonds is 3. The molecule has 6 N–H and O–H groups in total. The fourth-order valence-electron chi connectivity index (χ4n) is 2.62. The van der Waals surface area contributed by atoms with Gasteiger partial charge in [-0.3, -0.25) is 4.18 Å². The minimum Gasteiger partial charge on any atom is -0.388 e. The molecule has 0 radical (unpaired) electrons. The number of nitrogen functional groups attached to an aromatic ring is 1. The molecule has 1 aliphatic rings. The number of fused-ring (bicyclic) bond motifs is 1. The predicted molar refractivity (Wildman–Crippen MR) is 73.4 cm³/mol. The lowest BCUT2D eigenvalue weighted by molar-refractivity contribution is -0.0146. The van der Waals surface area contributed by atoms with E-state index in [4.69, 9.17) is 10.9 Å². The summed E-state index contributed by atoms with van der Waals surface area (Å²) in [7, 11) is -4.25. The third-order valence-corrected chi connectivity index (χ3v) is 4.12. The van der Waals surface area contributed by atoms with Gasteiger partial charge in [-0.1, -0.05) is 0 Å². The van der Waals surface area contributed by atoms with Gasteiger partial charge in [-0.05, 0) is 0 Å². The summed E-state index contributed by atoms with van der Waals surface area (Å²) in [6, 6.07) is -0.693. The second kappa shape index (κ2) is 5.10. The van der Waals surface area contributed by atoms with Crippen LogP contribution in [-0.2, 0) is 14.5 Å². The summed E-state index contributed by atoms with van der Waals surface area (Å²) in [6.07, 6.45) is -1.22. The normalized spacial score (nSPS) is 29.2. The van der Waals surface area contributed by atoms with Crippen LogP contribution in [0.15, 0.2) is 12.7 Å². The van der Waals surface area contributed by atoms with Gasteiger partial charge in [-0.25, -0.2) is 20.1 Å². The first-order valence-corrected chi connectivity index (χ1v) is 7.75. The van der Waals surface area contributed by atoms with Crippen LogP contribution in [0.4, 0.5) is 5.82 Å². The number of nitrogens with two attached hydrogens (primary N) is 2. The molecule has 120 valence electrons. The maximum atomic E-state index is 11.0. The summed E-state index contributed by atoms with van der Waals surface area (Å²) in [5.74, 6) is 0.175. The summed E-state index contributed by atoms with van der Waals surface area (Å²) in [4.78, 5) is 11.9. The zero-order valence-electron chi connectivity index (χ0n) is 11.1. The maximum absolute atomic E-state index is 11.0. The Balaban J connectivity index is 1.96. The molecule has 12 heteroatoms. The predicted octanol–water partition coefficient (Wildman–Crippen LogP) is -2.34. The second-order valence-corrected chi connectivity index (χ2v) is 6.17. The van der Waals surface area contributed by atoms with Crippen molar-refractivity contribution in [3.05, 3.63) is 12.7 Å². The van der Waals surface area contributed by atoms with Gasteiger partial charge in [0.15, 0.2) is 11.5 Å². The summed E-state index contributed by atoms with van der Waals surface area (Å²) >= 11 is 0. The van der Waals surface area contributed by atoms with Crippen LogP contribution in [0.1, 0.15) is 12.5 Å². The highest BCUT2D eigenvalue weighted by Crippen LogP contribution is 2.35. The molecule has 0 saturated heterocycles. The van der Waals surface area contributed by atoms with Crippen LogP contribution in [-0.4, -0.2) is 56.5 Å². The Morgan fingerprint density at radius 3 is 2.68 bits per heavy atom. The fourth-order valence-corrected chi connectivity index (χ4v) is 3.16. The van der Waals surface area contributed by atoms with E-state index in [0.717, 1.165) is 0 Å². The number of imidazole rings is 1. The Labute approximate surface area is 124 Å². The molecule has 0 aromatic carbocycles. The van der Waals surface area contributed by atoms with Crippen molar-refractivity contribution in [1.82, 2.24) is 19.5 Å². The maximum Gasteiger partial charge on any atom is 0.333 e. The van der Waals surface area contributed by atoms with Gasteiger partial charge in [-0.2, -0.15) is 8.42 Å². The van der Waals surface area contributed by atoms with Gasteiger partial charge in [0.25, 0.3) is 0 Å². The molecule has 1 saturated carbocycles. The zero-order valence-corrected chi connectivity index (χ0v) is 12.0. The van der Waals surface area contributed by atoms with Gasteiger partial charge in [0, 0.05) is 6.42 Å². The molecule has 1 fully saturated rings. The van der Waals surface area contributed by atoms with Crippen molar-refractivity contribution in [3.63, 3.8) is 0 Å². The number of hydrogen-bond acceptors (Lipinski definition) is 9. The van der Waals surface area contributed by atoms with E-state index in [1.165, 1.54) is 17.2 Å². The lowest BCUT2D eigenvalue weighted by Crippen LogP contribution is -2.35. The highest BCUT2D eigenvalue weighted by atomic mass is 32.2. The van der Waals surface area contributed by atoms with Crippen LogP contribution < -0.4 is 10.9 Å². The largest absolute Gasteiger partial charge is 0.388 e. The summed E-state index contributed by atoms with van der Waals surface area (Å²) in [5, 5.41) is 24.9. The molecular formula is C10H14N6O5S. The zero-order chi connectivity index (χ0) is 16.1. The van der Waals surface area contributed by atoms with Crippen LogP contribution in [0.25, 0.3) is 11.2 Å². The first-order valence-electron chi connectivity index (χ1n) is 6.28. The Bertz CT molecular complexity index is 807. The van der Waals surface area contributed by atoms with Gasteiger partial charge < -0.3 is 20.5 Å². The van der Waals surface area contributed by atoms with Crippen LogP contribution in [0.3, 0.4) is 0 Å². The van der Waals surface area contributed by atoms with E-state index in [1.54, 1.807) is 0 Å². The minimum atomic E-state index is -4.25. The van der Waals surface area contributed by atoms with E-state index in [-0.39, 0.29) is 12.2 Å². The van der Waals surface area contributed by atoms with Crippen molar-refractivity contribution in [1.29, 1.82) is 0 Å². The van der Waals surface area contributed by atoms with E-state index >= 15 is 0 Å². The van der Waals surface area contributed by atoms with E-state index in [2.05, 4.69) is 19.1 Å². The van der Waals surface area contributed by atoms with Crippen LogP contribution in [0.2, 0.25) is 0 Å². The molecule has 0 unspecified atom stereocenters. The van der Waals surface area contributed by atoms with E-state index in [9.17, 15) is 18.6 Å². The minimum absolute atomic E-state index is 0.00807. The van der Waals surface area contributed by atoms with E-state index in [0.29, 0.717) is 11.2 Å². The molecule has 0 bridgehead atoms. The molecule has 4 atom stereocenters. The smallest absolute Gasteiger partial charge is 0.333 e. The molecule has 0 aliphatic heterocycles. The van der Waals surface area contributed by atoms with Crippen LogP contribution in [0.5, 0.6) is 0 Å². The molecule has 2 heterocycles. The van der Waals surface area contributed by atoms with Gasteiger partial charge in [0.05, 0.1) is 12.4 Å². The second-order valence-electron chi connectivity index (χ2n) is 4.99. The van der Waals surface area contributed by atoms with Crippen molar-refractivity contribution in [3.8, 4) is 0 Å². The number of aliphatic hydroxyl groups is 2. The first-order chi connectivity index (χ1) is 10.3. The number of aromatic nitrogens is 4. The lowest BCUT2D eigenvalue weighted by Gasteiger charge is -2.17. The molecule has 3 rings (SSSR count). The highest BCUT2D eigenvalue weighted by Gasteiger charge is 2.45. The summed E-state index contributed by atoms with van der Waals surface area (Å²) in [5.41, 5.74) is 6.39. The SMILES string of the molecule is Nc1ncnc2c1ncn2[C@@H]1C[C@H](OS(N)(=O)=O)[C@@H](O)[C@H]1O. The number of nitrogens with zero attached hydrogens (tertiary/aromatic N) is 4. The lowest BCUT2D eigenvalue weighted by atomic mass is 10.2. The van der Waals surface area contributed by atoms with Crippen molar-refractivity contribution >= 4 is 27.3 Å². The van der Waals surface area contributed by atoms with Crippen molar-refractivity contribution in [2.75, 3.05) is 5.73 Å². The fraction of sp³-hybridized carbons (Fsp3) is 0.500. The molecule has 2 aromatic rings. The molecular weight excluding hydrogens is 316 g/mol. The van der Waals surface area contributed by atoms with Crippen molar-refractivity contribution in [2.45, 2.75) is 30.8 Å². The molecule has 22 heavy (non-hydrogen) atoms. The van der Waals surface area contributed by atoms with Gasteiger partial charge in [-0.15, -0.1) is 0 Å². The summed E-state index contributed by atoms with van der Waals surface area (Å²) < 4.78 is 28.1. The van der Waals surface area contributed by atoms with Gasteiger partial charge in [0.2, 0.25) is 0 Å². The quantitative estimate of drug-likeness (QED) is 0.479. The average molecular weight is 330 g/mol. The Morgan fingerprint density at radius 2 is 2.00 bits per heavy atom. The van der Waals surface area contributed by atoms with Crippen LogP contribution in [0, 0.1) is 0 Å². The number of anilines is 1. The topological polar surface area (TPSA) is 179 Å². The molecule has 2 aromatic heterocycles. The average Bonchev–Trinajstić information content (AvgIpc) is 2.95.